The number of anilines is 1. The first-order valence-electron chi connectivity index (χ1n) is 9.66. The van der Waals surface area contributed by atoms with Crippen LogP contribution in [-0.4, -0.2) is 62.6 Å². The number of piperazine rings is 1. The first-order chi connectivity index (χ1) is 14.2. The summed E-state index contributed by atoms with van der Waals surface area (Å²) in [6.45, 7) is 4.50. The van der Waals surface area contributed by atoms with Gasteiger partial charge in [0.1, 0.15) is 6.04 Å². The Morgan fingerprint density at radius 1 is 1.03 bits per heavy atom. The summed E-state index contributed by atoms with van der Waals surface area (Å²) in [5, 5.41) is 0. The van der Waals surface area contributed by atoms with Gasteiger partial charge >= 0.3 is 0 Å². The van der Waals surface area contributed by atoms with E-state index < -0.39 is 27.7 Å². The van der Waals surface area contributed by atoms with Crippen LogP contribution in [0.2, 0.25) is 0 Å². The zero-order valence-corrected chi connectivity index (χ0v) is 17.8. The van der Waals surface area contributed by atoms with Crippen LogP contribution in [0.25, 0.3) is 0 Å². The number of hydrogen-bond donors (Lipinski definition) is 0. The topological polar surface area (TPSA) is 60.9 Å². The van der Waals surface area contributed by atoms with Crippen LogP contribution in [-0.2, 0) is 21.4 Å². The number of sulfonamides is 1. The summed E-state index contributed by atoms with van der Waals surface area (Å²) in [6.07, 6.45) is 0.940. The van der Waals surface area contributed by atoms with E-state index in [1.807, 2.05) is 30.3 Å². The SMILES string of the molecule is C[C@H](C(=O)N1CCN(Cc2ccccc2)CC1)N(c1ccc(F)c(F)c1)S(C)(=O)=O. The van der Waals surface area contributed by atoms with Crippen molar-refractivity contribution in [3.8, 4) is 0 Å². The van der Waals surface area contributed by atoms with Gasteiger partial charge in [-0.2, -0.15) is 0 Å². The molecule has 0 unspecified atom stereocenters. The van der Waals surface area contributed by atoms with Gasteiger partial charge in [0.05, 0.1) is 11.9 Å². The minimum absolute atomic E-state index is 0.0834. The minimum Gasteiger partial charge on any atom is -0.338 e. The number of benzene rings is 2. The highest BCUT2D eigenvalue weighted by Crippen LogP contribution is 2.24. The van der Waals surface area contributed by atoms with Gasteiger partial charge in [0, 0.05) is 38.8 Å². The number of nitrogens with zero attached hydrogens (tertiary/aromatic N) is 3. The molecule has 162 valence electrons. The van der Waals surface area contributed by atoms with Crippen molar-refractivity contribution in [2.75, 3.05) is 36.7 Å². The molecule has 1 heterocycles. The summed E-state index contributed by atoms with van der Waals surface area (Å²) in [6, 6.07) is 11.7. The molecule has 1 fully saturated rings. The Labute approximate surface area is 175 Å². The fourth-order valence-electron chi connectivity index (χ4n) is 3.66. The van der Waals surface area contributed by atoms with E-state index >= 15 is 0 Å². The third-order valence-corrected chi connectivity index (χ3v) is 6.40. The van der Waals surface area contributed by atoms with Crippen LogP contribution >= 0.6 is 0 Å². The summed E-state index contributed by atoms with van der Waals surface area (Å²) in [5.74, 6) is -2.62. The molecule has 0 aromatic heterocycles. The lowest BCUT2D eigenvalue weighted by Crippen LogP contribution is -2.55. The maximum Gasteiger partial charge on any atom is 0.246 e. The van der Waals surface area contributed by atoms with E-state index in [0.717, 1.165) is 35.3 Å². The van der Waals surface area contributed by atoms with Crippen molar-refractivity contribution in [3.63, 3.8) is 0 Å². The lowest BCUT2D eigenvalue weighted by molar-refractivity contribution is -0.133. The molecule has 2 aromatic carbocycles. The van der Waals surface area contributed by atoms with Crippen LogP contribution in [0.3, 0.4) is 0 Å². The Balaban J connectivity index is 1.69. The van der Waals surface area contributed by atoms with E-state index in [1.165, 1.54) is 12.5 Å². The Morgan fingerprint density at radius 2 is 1.67 bits per heavy atom. The molecular formula is C21H25F2N3O3S. The Bertz CT molecular complexity index is 994. The third-order valence-electron chi connectivity index (χ3n) is 5.16. The first kappa shape index (κ1) is 22.2. The summed E-state index contributed by atoms with van der Waals surface area (Å²) in [7, 11) is -3.90. The van der Waals surface area contributed by atoms with E-state index in [2.05, 4.69) is 4.90 Å². The molecule has 1 aliphatic heterocycles. The average molecular weight is 438 g/mol. The number of halogens is 2. The molecular weight excluding hydrogens is 412 g/mol. The van der Waals surface area contributed by atoms with Crippen LogP contribution in [0.15, 0.2) is 48.5 Å². The predicted molar refractivity (Wildman–Crippen MR) is 111 cm³/mol. The highest BCUT2D eigenvalue weighted by Gasteiger charge is 2.33. The van der Waals surface area contributed by atoms with Gasteiger partial charge in [-0.1, -0.05) is 30.3 Å². The number of carbonyl (C=O) groups excluding carboxylic acids is 1. The van der Waals surface area contributed by atoms with Gasteiger partial charge in [-0.25, -0.2) is 17.2 Å². The van der Waals surface area contributed by atoms with Gasteiger partial charge in [-0.05, 0) is 24.6 Å². The van der Waals surface area contributed by atoms with E-state index in [4.69, 9.17) is 0 Å². The molecule has 0 saturated carbocycles. The molecule has 0 spiro atoms. The predicted octanol–water partition coefficient (Wildman–Crippen LogP) is 2.46. The van der Waals surface area contributed by atoms with Gasteiger partial charge in [0.25, 0.3) is 0 Å². The zero-order chi connectivity index (χ0) is 21.9. The highest BCUT2D eigenvalue weighted by atomic mass is 32.2. The van der Waals surface area contributed by atoms with E-state index in [1.54, 1.807) is 4.90 Å². The smallest absolute Gasteiger partial charge is 0.246 e. The van der Waals surface area contributed by atoms with Crippen LogP contribution in [0.4, 0.5) is 14.5 Å². The lowest BCUT2D eigenvalue weighted by atomic mass is 10.2. The normalized spacial score (nSPS) is 16.3. The van der Waals surface area contributed by atoms with Gasteiger partial charge in [-0.15, -0.1) is 0 Å². The van der Waals surface area contributed by atoms with Gasteiger partial charge in [0.15, 0.2) is 11.6 Å². The molecule has 0 bridgehead atoms. The second-order valence-electron chi connectivity index (χ2n) is 7.42. The summed E-state index contributed by atoms with van der Waals surface area (Å²) < 4.78 is 52.5. The Morgan fingerprint density at radius 3 is 2.23 bits per heavy atom. The van der Waals surface area contributed by atoms with E-state index in [9.17, 15) is 22.0 Å². The minimum atomic E-state index is -3.90. The molecule has 1 amide bonds. The fourth-order valence-corrected chi connectivity index (χ4v) is 4.82. The molecule has 3 rings (SSSR count). The fraction of sp³-hybridized carbons (Fsp3) is 0.381. The van der Waals surface area contributed by atoms with Gasteiger partial charge in [0.2, 0.25) is 15.9 Å². The van der Waals surface area contributed by atoms with Gasteiger partial charge < -0.3 is 4.90 Å². The molecule has 0 N–H and O–H groups in total. The largest absolute Gasteiger partial charge is 0.338 e. The van der Waals surface area contributed by atoms with Crippen molar-refractivity contribution >= 4 is 21.6 Å². The van der Waals surface area contributed by atoms with E-state index in [0.29, 0.717) is 26.2 Å². The molecule has 0 radical (unpaired) electrons. The van der Waals surface area contributed by atoms with Crippen LogP contribution < -0.4 is 4.31 Å². The van der Waals surface area contributed by atoms with Crippen molar-refractivity contribution < 1.29 is 22.0 Å². The van der Waals surface area contributed by atoms with E-state index in [-0.39, 0.29) is 11.6 Å². The second kappa shape index (κ2) is 9.09. The maximum absolute atomic E-state index is 13.7. The number of rotatable bonds is 6. The van der Waals surface area contributed by atoms with Crippen LogP contribution in [0.5, 0.6) is 0 Å². The highest BCUT2D eigenvalue weighted by molar-refractivity contribution is 7.92. The van der Waals surface area contributed by atoms with Crippen molar-refractivity contribution in [2.24, 2.45) is 0 Å². The second-order valence-corrected chi connectivity index (χ2v) is 9.28. The molecule has 9 heteroatoms. The molecule has 2 aromatic rings. The lowest BCUT2D eigenvalue weighted by Gasteiger charge is -2.38. The quantitative estimate of drug-likeness (QED) is 0.697. The standard InChI is InChI=1S/C21H25F2N3O3S/c1-16(26(30(2,28)29)18-8-9-19(22)20(23)14-18)21(27)25-12-10-24(11-13-25)15-17-6-4-3-5-7-17/h3-9,14,16H,10-13,15H2,1-2H3/t16-/m1/s1. The Hall–Kier alpha value is -2.52. The number of hydrogen-bond acceptors (Lipinski definition) is 4. The van der Waals surface area contributed by atoms with Crippen LogP contribution in [0.1, 0.15) is 12.5 Å². The molecule has 1 saturated heterocycles. The molecule has 30 heavy (non-hydrogen) atoms. The van der Waals surface area contributed by atoms with Crippen LogP contribution in [0, 0.1) is 11.6 Å². The van der Waals surface area contributed by atoms with Crippen molar-refractivity contribution in [1.29, 1.82) is 0 Å². The summed E-state index contributed by atoms with van der Waals surface area (Å²) in [4.78, 5) is 16.9. The molecule has 1 aliphatic rings. The number of amides is 1. The van der Waals surface area contributed by atoms with Crippen molar-refractivity contribution in [1.82, 2.24) is 9.80 Å². The van der Waals surface area contributed by atoms with Crippen molar-refractivity contribution in [2.45, 2.75) is 19.5 Å². The Kier molecular flexibility index (Phi) is 6.72. The average Bonchev–Trinajstić information content (AvgIpc) is 2.70. The van der Waals surface area contributed by atoms with Crippen molar-refractivity contribution in [3.05, 3.63) is 65.7 Å². The maximum atomic E-state index is 13.7. The monoisotopic (exact) mass is 437 g/mol. The molecule has 0 aliphatic carbocycles. The summed E-state index contributed by atoms with van der Waals surface area (Å²) in [5.41, 5.74) is 1.10. The summed E-state index contributed by atoms with van der Waals surface area (Å²) >= 11 is 0. The zero-order valence-electron chi connectivity index (χ0n) is 17.0. The van der Waals surface area contributed by atoms with Gasteiger partial charge in [-0.3, -0.25) is 14.0 Å². The first-order valence-corrected chi connectivity index (χ1v) is 11.5. The molecule has 6 nitrogen and oxygen atoms in total. The number of carbonyl (C=O) groups is 1. The third kappa shape index (κ3) is 5.14. The molecule has 1 atom stereocenters.